The van der Waals surface area contributed by atoms with Crippen LogP contribution >= 0.6 is 0 Å². The zero-order chi connectivity index (χ0) is 13.0. The second kappa shape index (κ2) is 5.99. The summed E-state index contributed by atoms with van der Waals surface area (Å²) in [5.41, 5.74) is 1.12. The summed E-state index contributed by atoms with van der Waals surface area (Å²) in [5.74, 6) is -0.0288. The molecule has 1 aromatic rings. The van der Waals surface area contributed by atoms with Gasteiger partial charge in [0, 0.05) is 31.7 Å². The molecule has 0 spiro atoms. The number of nitrogens with zero attached hydrogens (tertiary/aromatic N) is 2. The molecule has 1 N–H and O–H groups in total. The first-order valence-electron chi connectivity index (χ1n) is 6.62. The zero-order valence-corrected chi connectivity index (χ0v) is 11.1. The van der Waals surface area contributed by atoms with Crippen LogP contribution in [0.3, 0.4) is 0 Å². The number of rotatable bonds is 3. The van der Waals surface area contributed by atoms with Gasteiger partial charge in [-0.1, -0.05) is 30.3 Å². The highest BCUT2D eigenvalue weighted by Crippen LogP contribution is 2.18. The molecule has 2 rings (SSSR count). The van der Waals surface area contributed by atoms with Crippen LogP contribution in [0.25, 0.3) is 0 Å². The van der Waals surface area contributed by atoms with Crippen LogP contribution in [-0.2, 0) is 0 Å². The lowest BCUT2D eigenvalue weighted by Crippen LogP contribution is -2.55. The van der Waals surface area contributed by atoms with Crippen LogP contribution in [0.5, 0.6) is 0 Å². The first kappa shape index (κ1) is 13.1. The fourth-order valence-corrected chi connectivity index (χ4v) is 2.49. The average Bonchev–Trinajstić information content (AvgIpc) is 2.41. The second-order valence-corrected chi connectivity index (χ2v) is 5.20. The Morgan fingerprint density at radius 3 is 2.78 bits per heavy atom. The molecule has 0 amide bonds. The van der Waals surface area contributed by atoms with Crippen molar-refractivity contribution >= 4 is 0 Å². The number of nitrogens with one attached hydrogen (secondary N) is 1. The van der Waals surface area contributed by atoms with Crippen LogP contribution in [0, 0.1) is 11.3 Å². The first-order chi connectivity index (χ1) is 8.70. The third-order valence-corrected chi connectivity index (χ3v) is 3.67. The lowest BCUT2D eigenvalue weighted by atomic mass is 9.98. The van der Waals surface area contributed by atoms with Gasteiger partial charge in [-0.05, 0) is 19.4 Å². The summed E-state index contributed by atoms with van der Waals surface area (Å²) in [5, 5.41) is 12.8. The summed E-state index contributed by atoms with van der Waals surface area (Å²) in [6.45, 7) is 7.27. The molecule has 18 heavy (non-hydrogen) atoms. The Balaban J connectivity index is 2.04. The molecule has 1 aliphatic heterocycles. The van der Waals surface area contributed by atoms with Gasteiger partial charge in [0.05, 0.1) is 12.0 Å². The van der Waals surface area contributed by atoms with E-state index in [1.54, 1.807) is 0 Å². The molecular weight excluding hydrogens is 222 g/mol. The van der Waals surface area contributed by atoms with Gasteiger partial charge in [0.2, 0.25) is 0 Å². The molecule has 0 bridgehead atoms. The Labute approximate surface area is 109 Å². The van der Waals surface area contributed by atoms with Crippen LogP contribution in [0.1, 0.15) is 25.3 Å². The number of piperazine rings is 1. The van der Waals surface area contributed by atoms with Gasteiger partial charge in [0.15, 0.2) is 0 Å². The Bertz CT molecular complexity index is 409. The van der Waals surface area contributed by atoms with Crippen LogP contribution in [-0.4, -0.2) is 36.6 Å². The van der Waals surface area contributed by atoms with Gasteiger partial charge in [-0.3, -0.25) is 4.90 Å². The number of benzene rings is 1. The van der Waals surface area contributed by atoms with Crippen LogP contribution < -0.4 is 5.32 Å². The summed E-state index contributed by atoms with van der Waals surface area (Å²) in [6, 6.07) is 13.5. The standard InChI is InChI=1S/C15H21N3/c1-12-10-18(13(2)9-17-12)11-15(8-16)14-6-4-3-5-7-14/h3-7,12-13,15,17H,9-11H2,1-2H3. The minimum absolute atomic E-state index is 0.0288. The molecule has 3 unspecified atom stereocenters. The van der Waals surface area contributed by atoms with Crippen molar-refractivity contribution in [1.82, 2.24) is 10.2 Å². The molecule has 1 aliphatic rings. The van der Waals surface area contributed by atoms with E-state index in [1.807, 2.05) is 30.3 Å². The normalized spacial score (nSPS) is 26.5. The summed E-state index contributed by atoms with van der Waals surface area (Å²) in [7, 11) is 0. The molecule has 1 heterocycles. The predicted octanol–water partition coefficient (Wildman–Crippen LogP) is 1.98. The number of hydrogen-bond donors (Lipinski definition) is 1. The third-order valence-electron chi connectivity index (χ3n) is 3.67. The van der Waals surface area contributed by atoms with Gasteiger partial charge in [-0.25, -0.2) is 0 Å². The summed E-state index contributed by atoms with van der Waals surface area (Å²) >= 11 is 0. The molecule has 0 aromatic heterocycles. The maximum atomic E-state index is 9.37. The molecule has 1 saturated heterocycles. The van der Waals surface area contributed by atoms with Gasteiger partial charge in [-0.2, -0.15) is 5.26 Å². The fraction of sp³-hybridized carbons (Fsp3) is 0.533. The Kier molecular flexibility index (Phi) is 4.35. The van der Waals surface area contributed by atoms with E-state index in [0.29, 0.717) is 12.1 Å². The maximum Gasteiger partial charge on any atom is 0.0839 e. The quantitative estimate of drug-likeness (QED) is 0.882. The average molecular weight is 243 g/mol. The van der Waals surface area contributed by atoms with Gasteiger partial charge in [0.25, 0.3) is 0 Å². The molecule has 3 nitrogen and oxygen atoms in total. The van der Waals surface area contributed by atoms with Crippen molar-refractivity contribution in [2.75, 3.05) is 19.6 Å². The SMILES string of the molecule is CC1CN(CC(C#N)c2ccccc2)C(C)CN1. The number of hydrogen-bond acceptors (Lipinski definition) is 3. The van der Waals surface area contributed by atoms with E-state index in [-0.39, 0.29) is 5.92 Å². The molecule has 0 radical (unpaired) electrons. The van der Waals surface area contributed by atoms with Gasteiger partial charge >= 0.3 is 0 Å². The summed E-state index contributed by atoms with van der Waals surface area (Å²) in [4.78, 5) is 2.42. The van der Waals surface area contributed by atoms with E-state index in [9.17, 15) is 5.26 Å². The Hall–Kier alpha value is -1.37. The molecule has 3 heteroatoms. The smallest absolute Gasteiger partial charge is 0.0839 e. The monoisotopic (exact) mass is 243 g/mol. The molecule has 1 fully saturated rings. The molecule has 96 valence electrons. The fourth-order valence-electron chi connectivity index (χ4n) is 2.49. The van der Waals surface area contributed by atoms with E-state index >= 15 is 0 Å². The van der Waals surface area contributed by atoms with Crippen molar-refractivity contribution in [2.24, 2.45) is 0 Å². The summed E-state index contributed by atoms with van der Waals surface area (Å²) in [6.07, 6.45) is 0. The van der Waals surface area contributed by atoms with Crippen molar-refractivity contribution in [3.63, 3.8) is 0 Å². The van der Waals surface area contributed by atoms with E-state index in [2.05, 4.69) is 30.1 Å². The lowest BCUT2D eigenvalue weighted by Gasteiger charge is -2.38. The summed E-state index contributed by atoms with van der Waals surface area (Å²) < 4.78 is 0. The maximum absolute atomic E-state index is 9.37. The second-order valence-electron chi connectivity index (χ2n) is 5.20. The minimum Gasteiger partial charge on any atom is -0.311 e. The highest BCUT2D eigenvalue weighted by Gasteiger charge is 2.25. The molecule has 3 atom stereocenters. The van der Waals surface area contributed by atoms with Crippen LogP contribution in [0.15, 0.2) is 30.3 Å². The molecular formula is C15H21N3. The highest BCUT2D eigenvalue weighted by atomic mass is 15.2. The van der Waals surface area contributed by atoms with Crippen molar-refractivity contribution in [1.29, 1.82) is 5.26 Å². The van der Waals surface area contributed by atoms with Crippen molar-refractivity contribution in [3.05, 3.63) is 35.9 Å². The zero-order valence-electron chi connectivity index (χ0n) is 11.1. The lowest BCUT2D eigenvalue weighted by molar-refractivity contribution is 0.144. The third kappa shape index (κ3) is 3.10. The number of nitriles is 1. The van der Waals surface area contributed by atoms with E-state index in [4.69, 9.17) is 0 Å². The van der Waals surface area contributed by atoms with Crippen molar-refractivity contribution < 1.29 is 0 Å². The van der Waals surface area contributed by atoms with Crippen molar-refractivity contribution in [3.8, 4) is 6.07 Å². The molecule has 0 aliphatic carbocycles. The Morgan fingerprint density at radius 2 is 2.11 bits per heavy atom. The Morgan fingerprint density at radius 1 is 1.39 bits per heavy atom. The van der Waals surface area contributed by atoms with Gasteiger partial charge < -0.3 is 5.32 Å². The minimum atomic E-state index is -0.0288. The van der Waals surface area contributed by atoms with Gasteiger partial charge in [-0.15, -0.1) is 0 Å². The van der Waals surface area contributed by atoms with Gasteiger partial charge in [0.1, 0.15) is 0 Å². The molecule has 1 aromatic carbocycles. The highest BCUT2D eigenvalue weighted by molar-refractivity contribution is 5.25. The van der Waals surface area contributed by atoms with Crippen LogP contribution in [0.4, 0.5) is 0 Å². The van der Waals surface area contributed by atoms with Crippen LogP contribution in [0.2, 0.25) is 0 Å². The largest absolute Gasteiger partial charge is 0.311 e. The van der Waals surface area contributed by atoms with Crippen molar-refractivity contribution in [2.45, 2.75) is 31.8 Å². The molecule has 0 saturated carbocycles. The first-order valence-corrected chi connectivity index (χ1v) is 6.62. The predicted molar refractivity (Wildman–Crippen MR) is 73.3 cm³/mol. The van der Waals surface area contributed by atoms with E-state index in [0.717, 1.165) is 25.2 Å². The van der Waals surface area contributed by atoms with E-state index < -0.39 is 0 Å². The topological polar surface area (TPSA) is 39.1 Å². The van der Waals surface area contributed by atoms with E-state index in [1.165, 1.54) is 0 Å².